The zero-order valence-corrected chi connectivity index (χ0v) is 16.1. The average molecular weight is 362 g/mol. The van der Waals surface area contributed by atoms with Crippen LogP contribution in [0.3, 0.4) is 0 Å². The van der Waals surface area contributed by atoms with E-state index < -0.39 is 0 Å². The molecule has 0 aliphatic carbocycles. The first-order chi connectivity index (χ1) is 13.1. The fraction of sp³-hybridized carbons (Fsp3) is 0.391. The second-order valence-electron chi connectivity index (χ2n) is 7.62. The number of para-hydroxylation sites is 1. The maximum Gasteiger partial charge on any atom is 0.228 e. The van der Waals surface area contributed by atoms with E-state index >= 15 is 0 Å². The molecule has 0 radical (unpaired) electrons. The van der Waals surface area contributed by atoms with Gasteiger partial charge in [-0.25, -0.2) is 0 Å². The van der Waals surface area contributed by atoms with Gasteiger partial charge in [0, 0.05) is 31.7 Å². The molecule has 4 rings (SSSR count). The summed E-state index contributed by atoms with van der Waals surface area (Å²) in [5.41, 5.74) is 5.83. The minimum atomic E-state index is -0.243. The summed E-state index contributed by atoms with van der Waals surface area (Å²) in [6.45, 7) is 6.04. The molecule has 2 aliphatic rings. The maximum absolute atomic E-state index is 13.1. The Morgan fingerprint density at radius 1 is 1.11 bits per heavy atom. The van der Waals surface area contributed by atoms with Crippen LogP contribution in [0, 0.1) is 12.8 Å². The number of anilines is 1. The van der Waals surface area contributed by atoms with Crippen molar-refractivity contribution in [3.05, 3.63) is 64.7 Å². The molecule has 1 saturated heterocycles. The fourth-order valence-electron chi connectivity index (χ4n) is 4.42. The van der Waals surface area contributed by atoms with E-state index in [4.69, 9.17) is 0 Å². The van der Waals surface area contributed by atoms with Crippen molar-refractivity contribution < 1.29 is 9.59 Å². The molecule has 0 N–H and O–H groups in total. The lowest BCUT2D eigenvalue weighted by atomic mass is 9.98. The largest absolute Gasteiger partial charge is 0.338 e. The van der Waals surface area contributed by atoms with E-state index in [1.54, 1.807) is 0 Å². The Kier molecular flexibility index (Phi) is 4.73. The van der Waals surface area contributed by atoms with Gasteiger partial charge in [0.05, 0.1) is 5.92 Å². The molecule has 2 aromatic rings. The summed E-state index contributed by atoms with van der Waals surface area (Å²) in [5, 5.41) is 0. The highest BCUT2D eigenvalue weighted by atomic mass is 16.2. The van der Waals surface area contributed by atoms with E-state index in [1.807, 2.05) is 34.9 Å². The number of rotatable bonds is 3. The van der Waals surface area contributed by atoms with Crippen LogP contribution in [0.2, 0.25) is 0 Å². The zero-order valence-electron chi connectivity index (χ0n) is 16.1. The molecule has 27 heavy (non-hydrogen) atoms. The monoisotopic (exact) mass is 362 g/mol. The predicted molar refractivity (Wildman–Crippen MR) is 107 cm³/mol. The maximum atomic E-state index is 13.1. The summed E-state index contributed by atoms with van der Waals surface area (Å²) in [4.78, 5) is 29.6. The summed E-state index contributed by atoms with van der Waals surface area (Å²) >= 11 is 0. The summed E-state index contributed by atoms with van der Waals surface area (Å²) in [5.74, 6) is -0.0613. The first kappa shape index (κ1) is 17.8. The van der Waals surface area contributed by atoms with E-state index in [1.165, 1.54) is 16.7 Å². The van der Waals surface area contributed by atoms with Gasteiger partial charge in [0.1, 0.15) is 0 Å². The van der Waals surface area contributed by atoms with Gasteiger partial charge in [0.25, 0.3) is 0 Å². The van der Waals surface area contributed by atoms with Crippen molar-refractivity contribution in [2.45, 2.75) is 39.7 Å². The second kappa shape index (κ2) is 7.18. The quantitative estimate of drug-likeness (QED) is 0.839. The van der Waals surface area contributed by atoms with Crippen LogP contribution in [0.15, 0.2) is 42.5 Å². The van der Waals surface area contributed by atoms with Crippen molar-refractivity contribution >= 4 is 17.5 Å². The minimum Gasteiger partial charge on any atom is -0.338 e. The van der Waals surface area contributed by atoms with Gasteiger partial charge >= 0.3 is 0 Å². The molecule has 140 valence electrons. The molecule has 0 spiro atoms. The standard InChI is InChI=1S/C23H26N2O2/c1-3-17-10-6-7-16(2)22(17)25-15-20(13-21(25)26)23(27)24-12-11-18-8-4-5-9-19(18)14-24/h4-10,20H,3,11-15H2,1-2H3. The van der Waals surface area contributed by atoms with Crippen molar-refractivity contribution in [2.24, 2.45) is 5.92 Å². The smallest absolute Gasteiger partial charge is 0.228 e. The predicted octanol–water partition coefficient (Wildman–Crippen LogP) is 3.50. The lowest BCUT2D eigenvalue weighted by Crippen LogP contribution is -2.40. The van der Waals surface area contributed by atoms with Gasteiger partial charge in [-0.05, 0) is 42.0 Å². The molecular formula is C23H26N2O2. The molecule has 2 heterocycles. The third-order valence-corrected chi connectivity index (χ3v) is 5.89. The fourth-order valence-corrected chi connectivity index (χ4v) is 4.42. The van der Waals surface area contributed by atoms with E-state index in [0.717, 1.165) is 30.6 Å². The molecule has 0 bridgehead atoms. The lowest BCUT2D eigenvalue weighted by molar-refractivity contribution is -0.136. The Morgan fingerprint density at radius 2 is 1.89 bits per heavy atom. The van der Waals surface area contributed by atoms with Crippen LogP contribution in [0.1, 0.15) is 35.6 Å². The number of nitrogens with zero attached hydrogens (tertiary/aromatic N) is 2. The van der Waals surface area contributed by atoms with Crippen molar-refractivity contribution in [3.8, 4) is 0 Å². The first-order valence-electron chi connectivity index (χ1n) is 9.83. The molecule has 2 aromatic carbocycles. The van der Waals surface area contributed by atoms with Gasteiger partial charge in [0.2, 0.25) is 11.8 Å². The Hall–Kier alpha value is -2.62. The third-order valence-electron chi connectivity index (χ3n) is 5.89. The Bertz CT molecular complexity index is 890. The molecule has 0 saturated carbocycles. The Morgan fingerprint density at radius 3 is 2.67 bits per heavy atom. The van der Waals surface area contributed by atoms with Crippen LogP contribution in [-0.2, 0) is 29.0 Å². The van der Waals surface area contributed by atoms with Gasteiger partial charge < -0.3 is 9.80 Å². The summed E-state index contributed by atoms with van der Waals surface area (Å²) in [7, 11) is 0. The molecule has 2 amide bonds. The number of carbonyl (C=O) groups is 2. The number of hydrogen-bond acceptors (Lipinski definition) is 2. The second-order valence-corrected chi connectivity index (χ2v) is 7.62. The summed E-state index contributed by atoms with van der Waals surface area (Å²) in [6, 6.07) is 14.5. The summed E-state index contributed by atoms with van der Waals surface area (Å²) < 4.78 is 0. The highest BCUT2D eigenvalue weighted by Gasteiger charge is 2.38. The molecule has 1 fully saturated rings. The van der Waals surface area contributed by atoms with E-state index in [-0.39, 0.29) is 17.7 Å². The van der Waals surface area contributed by atoms with Crippen molar-refractivity contribution in [3.63, 3.8) is 0 Å². The topological polar surface area (TPSA) is 40.6 Å². The zero-order chi connectivity index (χ0) is 19.0. The highest BCUT2D eigenvalue weighted by Crippen LogP contribution is 2.33. The number of carbonyl (C=O) groups excluding carboxylic acids is 2. The molecule has 2 aliphatic heterocycles. The third kappa shape index (κ3) is 3.25. The van der Waals surface area contributed by atoms with E-state index in [2.05, 4.69) is 31.2 Å². The van der Waals surface area contributed by atoms with Gasteiger partial charge in [-0.15, -0.1) is 0 Å². The van der Waals surface area contributed by atoms with Crippen LogP contribution in [0.5, 0.6) is 0 Å². The SMILES string of the molecule is CCc1cccc(C)c1N1CC(C(=O)N2CCc3ccccc3C2)CC1=O. The molecule has 1 unspecified atom stereocenters. The van der Waals surface area contributed by atoms with E-state index in [9.17, 15) is 9.59 Å². The van der Waals surface area contributed by atoms with Crippen molar-refractivity contribution in [2.75, 3.05) is 18.0 Å². The van der Waals surface area contributed by atoms with Gasteiger partial charge in [-0.2, -0.15) is 0 Å². The Balaban J connectivity index is 1.52. The molecule has 1 atom stereocenters. The van der Waals surface area contributed by atoms with Crippen LogP contribution >= 0.6 is 0 Å². The number of amides is 2. The molecular weight excluding hydrogens is 336 g/mol. The van der Waals surface area contributed by atoms with Gasteiger partial charge in [-0.1, -0.05) is 49.4 Å². The van der Waals surface area contributed by atoms with Crippen molar-refractivity contribution in [1.29, 1.82) is 0 Å². The summed E-state index contributed by atoms with van der Waals surface area (Å²) in [6.07, 6.45) is 2.08. The van der Waals surface area contributed by atoms with Crippen LogP contribution in [0.25, 0.3) is 0 Å². The number of benzene rings is 2. The minimum absolute atomic E-state index is 0.0646. The lowest BCUT2D eigenvalue weighted by Gasteiger charge is -2.31. The molecule has 0 aromatic heterocycles. The van der Waals surface area contributed by atoms with Crippen molar-refractivity contribution in [1.82, 2.24) is 4.90 Å². The number of hydrogen-bond donors (Lipinski definition) is 0. The highest BCUT2D eigenvalue weighted by molar-refractivity contribution is 6.01. The average Bonchev–Trinajstić information content (AvgIpc) is 3.08. The van der Waals surface area contributed by atoms with Gasteiger partial charge in [0.15, 0.2) is 0 Å². The number of aryl methyl sites for hydroxylation is 2. The normalized spacial score (nSPS) is 19.3. The van der Waals surface area contributed by atoms with Crippen LogP contribution in [0.4, 0.5) is 5.69 Å². The Labute approximate surface area is 160 Å². The van der Waals surface area contributed by atoms with Gasteiger partial charge in [-0.3, -0.25) is 9.59 Å². The molecule has 4 nitrogen and oxygen atoms in total. The van der Waals surface area contributed by atoms with E-state index in [0.29, 0.717) is 19.5 Å². The number of fused-ring (bicyclic) bond motifs is 1. The van der Waals surface area contributed by atoms with Crippen LogP contribution < -0.4 is 4.90 Å². The van der Waals surface area contributed by atoms with Crippen LogP contribution in [-0.4, -0.2) is 29.8 Å². The first-order valence-corrected chi connectivity index (χ1v) is 9.83. The molecule has 4 heteroatoms.